The van der Waals surface area contributed by atoms with Crippen molar-refractivity contribution in [1.82, 2.24) is 24.9 Å². The van der Waals surface area contributed by atoms with E-state index in [0.717, 1.165) is 5.69 Å². The lowest BCUT2D eigenvalue weighted by Crippen LogP contribution is -2.16. The number of nitrogens with two attached hydrogens (primary N) is 1. The molecule has 5 N–H and O–H groups in total. The van der Waals surface area contributed by atoms with Gasteiger partial charge in [-0.25, -0.2) is 19.9 Å². The van der Waals surface area contributed by atoms with E-state index < -0.39 is 4.92 Å². The molecule has 0 spiro atoms. The summed E-state index contributed by atoms with van der Waals surface area (Å²) in [6.45, 7) is 7.15. The number of H-pyrrole nitrogens is 1. The summed E-state index contributed by atoms with van der Waals surface area (Å²) in [6, 6.07) is 8.02. The lowest BCUT2D eigenvalue weighted by Gasteiger charge is -2.15. The Morgan fingerprint density at radius 1 is 1.03 bits per heavy atom. The average Bonchev–Trinajstić information content (AvgIpc) is 3.32. The van der Waals surface area contributed by atoms with E-state index in [1.165, 1.54) is 12.1 Å². The summed E-state index contributed by atoms with van der Waals surface area (Å²) in [7, 11) is 0. The Bertz CT molecular complexity index is 1450. The number of hydrogen-bond acceptors (Lipinski definition) is 9. The third-order valence-electron chi connectivity index (χ3n) is 5.43. The van der Waals surface area contributed by atoms with Crippen LogP contribution in [-0.4, -0.2) is 42.9 Å². The monoisotopic (exact) mass is 541 g/mol. The Kier molecular flexibility index (Phi) is 7.46. The highest BCUT2D eigenvalue weighted by Crippen LogP contribution is 2.36. The third-order valence-corrected chi connectivity index (χ3v) is 5.98. The van der Waals surface area contributed by atoms with E-state index in [9.17, 15) is 10.1 Å². The molecule has 0 aliphatic rings. The summed E-state index contributed by atoms with van der Waals surface area (Å²) in [5, 5.41) is 18.1. The van der Waals surface area contributed by atoms with Gasteiger partial charge in [-0.2, -0.15) is 0 Å². The average molecular weight is 542 g/mol. The van der Waals surface area contributed by atoms with E-state index in [4.69, 9.17) is 33.9 Å². The van der Waals surface area contributed by atoms with Crippen molar-refractivity contribution < 1.29 is 4.92 Å². The molecule has 0 amide bonds. The van der Waals surface area contributed by atoms with E-state index in [1.54, 1.807) is 30.6 Å². The van der Waals surface area contributed by atoms with Gasteiger partial charge in [-0.3, -0.25) is 10.1 Å². The number of rotatable bonds is 8. The maximum Gasteiger partial charge on any atom is 0.311 e. The van der Waals surface area contributed by atoms with Crippen LogP contribution in [0.3, 0.4) is 0 Å². The van der Waals surface area contributed by atoms with Gasteiger partial charge in [0.2, 0.25) is 11.8 Å². The molecule has 0 aliphatic heterocycles. The molecule has 0 radical (unpaired) electrons. The van der Waals surface area contributed by atoms with Crippen molar-refractivity contribution in [3.63, 3.8) is 0 Å². The molecular formula is C24H25Cl2N9O2. The van der Waals surface area contributed by atoms with E-state index in [1.807, 2.05) is 0 Å². The number of nitro groups is 1. The Labute approximate surface area is 223 Å². The molecule has 11 nitrogen and oxygen atoms in total. The van der Waals surface area contributed by atoms with Crippen LogP contribution in [0.25, 0.3) is 22.6 Å². The van der Waals surface area contributed by atoms with Crippen molar-refractivity contribution in [3.05, 3.63) is 68.6 Å². The molecule has 37 heavy (non-hydrogen) atoms. The van der Waals surface area contributed by atoms with Crippen molar-refractivity contribution >= 4 is 46.5 Å². The smallest absolute Gasteiger partial charge is 0.311 e. The molecule has 0 saturated heterocycles. The minimum atomic E-state index is -0.578. The number of anilines is 3. The van der Waals surface area contributed by atoms with Gasteiger partial charge in [-0.1, -0.05) is 44.0 Å². The molecule has 3 aromatic heterocycles. The second-order valence-corrected chi connectivity index (χ2v) is 10.0. The molecule has 13 heteroatoms. The van der Waals surface area contributed by atoms with Crippen molar-refractivity contribution in [3.8, 4) is 22.6 Å². The normalized spacial score (nSPS) is 11.4. The van der Waals surface area contributed by atoms with Gasteiger partial charge >= 0.3 is 5.69 Å². The lowest BCUT2D eigenvalue weighted by molar-refractivity contribution is -0.384. The van der Waals surface area contributed by atoms with Crippen LogP contribution in [0.4, 0.5) is 23.3 Å². The minimum Gasteiger partial charge on any atom is -0.378 e. The lowest BCUT2D eigenvalue weighted by atomic mass is 9.93. The molecule has 1 aromatic carbocycles. The van der Waals surface area contributed by atoms with E-state index in [2.05, 4.69) is 51.3 Å². The van der Waals surface area contributed by atoms with Gasteiger partial charge < -0.3 is 21.4 Å². The first kappa shape index (κ1) is 26.1. The third kappa shape index (κ3) is 6.07. The number of pyridine rings is 1. The first-order chi connectivity index (χ1) is 17.5. The molecule has 0 fully saturated rings. The molecule has 0 saturated carbocycles. The number of halogens is 2. The molecule has 0 aliphatic carbocycles. The number of aromatic nitrogens is 5. The van der Waals surface area contributed by atoms with E-state index >= 15 is 0 Å². The van der Waals surface area contributed by atoms with Gasteiger partial charge in [-0.05, 0) is 24.3 Å². The molecule has 3 heterocycles. The van der Waals surface area contributed by atoms with E-state index in [-0.39, 0.29) is 16.9 Å². The minimum absolute atomic E-state index is 0.109. The first-order valence-corrected chi connectivity index (χ1v) is 12.1. The van der Waals surface area contributed by atoms with Crippen molar-refractivity contribution in [1.29, 1.82) is 0 Å². The van der Waals surface area contributed by atoms with Gasteiger partial charge in [0.25, 0.3) is 0 Å². The Morgan fingerprint density at radius 3 is 2.43 bits per heavy atom. The van der Waals surface area contributed by atoms with Crippen LogP contribution >= 0.6 is 23.2 Å². The van der Waals surface area contributed by atoms with Crippen molar-refractivity contribution in [2.75, 3.05) is 29.5 Å². The standard InChI is InChI=1S/C24H25Cl2N9O2/c1-24(2,3)18-12-30-22(32-18)15-11-31-23(34-20(15)14-5-4-13(25)10-16(14)26)29-9-8-28-19-7-6-17(35(36)37)21(27)33-19/h4-7,10-12H,8-9H2,1-3H3,(H,30,32)(H3,27,28,33)(H,29,31,34). The van der Waals surface area contributed by atoms with Gasteiger partial charge in [0, 0.05) is 53.2 Å². The Balaban J connectivity index is 1.55. The zero-order valence-corrected chi connectivity index (χ0v) is 21.9. The highest BCUT2D eigenvalue weighted by molar-refractivity contribution is 6.36. The fraction of sp³-hybridized carbons (Fsp3) is 0.250. The van der Waals surface area contributed by atoms with Crippen LogP contribution in [0.1, 0.15) is 26.5 Å². The highest BCUT2D eigenvalue weighted by atomic mass is 35.5. The summed E-state index contributed by atoms with van der Waals surface area (Å²) in [5.74, 6) is 1.27. The number of imidazole rings is 1. The van der Waals surface area contributed by atoms with Crippen molar-refractivity contribution in [2.45, 2.75) is 26.2 Å². The molecule has 0 atom stereocenters. The summed E-state index contributed by atoms with van der Waals surface area (Å²) in [4.78, 5) is 31.4. The number of nitrogen functional groups attached to an aromatic ring is 1. The highest BCUT2D eigenvalue weighted by Gasteiger charge is 2.21. The first-order valence-electron chi connectivity index (χ1n) is 11.3. The SMILES string of the molecule is CC(C)(C)c1cnc(-c2cnc(NCCNc3ccc([N+](=O)[O-])c(N)n3)nc2-c2ccc(Cl)cc2Cl)[nH]1. The quantitative estimate of drug-likeness (QED) is 0.127. The zero-order valence-electron chi connectivity index (χ0n) is 20.3. The summed E-state index contributed by atoms with van der Waals surface area (Å²) in [5.41, 5.74) is 8.23. The molecule has 4 aromatic rings. The molecule has 0 unspecified atom stereocenters. The fourth-order valence-corrected chi connectivity index (χ4v) is 3.95. The molecular weight excluding hydrogens is 517 g/mol. The summed E-state index contributed by atoms with van der Waals surface area (Å²) < 4.78 is 0. The predicted octanol–water partition coefficient (Wildman–Crippen LogP) is 5.55. The van der Waals surface area contributed by atoms with Crippen LogP contribution in [0.2, 0.25) is 10.0 Å². The largest absolute Gasteiger partial charge is 0.378 e. The maximum atomic E-state index is 10.9. The molecule has 4 rings (SSSR count). The summed E-state index contributed by atoms with van der Waals surface area (Å²) >= 11 is 12.6. The fourth-order valence-electron chi connectivity index (χ4n) is 3.45. The number of aromatic amines is 1. The van der Waals surface area contributed by atoms with Gasteiger partial charge in [0.05, 0.1) is 21.2 Å². The van der Waals surface area contributed by atoms with Crippen LogP contribution < -0.4 is 16.4 Å². The van der Waals surface area contributed by atoms with E-state index in [0.29, 0.717) is 57.5 Å². The number of benzene rings is 1. The van der Waals surface area contributed by atoms with Gasteiger partial charge in [-0.15, -0.1) is 0 Å². The van der Waals surface area contributed by atoms with Crippen LogP contribution in [0.15, 0.2) is 42.7 Å². The predicted molar refractivity (Wildman–Crippen MR) is 146 cm³/mol. The number of nitrogens with one attached hydrogen (secondary N) is 3. The second-order valence-electron chi connectivity index (χ2n) is 9.19. The maximum absolute atomic E-state index is 10.9. The van der Waals surface area contributed by atoms with Crippen LogP contribution in [0.5, 0.6) is 0 Å². The zero-order chi connectivity index (χ0) is 26.7. The van der Waals surface area contributed by atoms with Gasteiger partial charge in [0.1, 0.15) is 11.6 Å². The van der Waals surface area contributed by atoms with Crippen LogP contribution in [-0.2, 0) is 5.41 Å². The topological polar surface area (TPSA) is 161 Å². The molecule has 192 valence electrons. The van der Waals surface area contributed by atoms with Crippen LogP contribution in [0, 0.1) is 10.1 Å². The second kappa shape index (κ2) is 10.6. The number of hydrogen-bond donors (Lipinski definition) is 4. The Morgan fingerprint density at radius 2 is 1.78 bits per heavy atom. The van der Waals surface area contributed by atoms with Crippen molar-refractivity contribution in [2.24, 2.45) is 0 Å². The summed E-state index contributed by atoms with van der Waals surface area (Å²) in [6.07, 6.45) is 3.49. The molecule has 0 bridgehead atoms. The van der Waals surface area contributed by atoms with Gasteiger partial charge in [0.15, 0.2) is 0 Å². The Hall–Kier alpha value is -3.96. The number of nitrogens with zero attached hydrogens (tertiary/aromatic N) is 5.